The number of carbonyl (C=O) groups excluding carboxylic acids is 1. The zero-order chi connectivity index (χ0) is 15.6. The lowest BCUT2D eigenvalue weighted by Gasteiger charge is -2.15. The van der Waals surface area contributed by atoms with Crippen LogP contribution in [-0.2, 0) is 22.4 Å². The minimum atomic E-state index is -0.883. The van der Waals surface area contributed by atoms with Gasteiger partial charge in [0.2, 0.25) is 0 Å². The van der Waals surface area contributed by atoms with Gasteiger partial charge in [-0.3, -0.25) is 9.59 Å². The molecule has 112 valence electrons. The van der Waals surface area contributed by atoms with Crippen LogP contribution < -0.4 is 0 Å². The molecule has 3 nitrogen and oxygen atoms in total. The van der Waals surface area contributed by atoms with E-state index in [1.165, 1.54) is 11.1 Å². The van der Waals surface area contributed by atoms with Crippen LogP contribution in [-0.4, -0.2) is 16.9 Å². The average Bonchev–Trinajstić information content (AvgIpc) is 2.83. The first-order valence-electron chi connectivity index (χ1n) is 7.43. The molecule has 1 aromatic carbocycles. The van der Waals surface area contributed by atoms with Crippen molar-refractivity contribution < 1.29 is 14.7 Å². The Morgan fingerprint density at radius 2 is 1.90 bits per heavy atom. The van der Waals surface area contributed by atoms with Crippen LogP contribution in [0.3, 0.4) is 0 Å². The Morgan fingerprint density at radius 3 is 2.52 bits per heavy atom. The van der Waals surface area contributed by atoms with Crippen LogP contribution in [0.4, 0.5) is 0 Å². The van der Waals surface area contributed by atoms with Crippen molar-refractivity contribution in [3.8, 4) is 0 Å². The molecular weight excluding hydrogens is 264 g/mol. The first-order valence-corrected chi connectivity index (χ1v) is 7.43. The quantitative estimate of drug-likeness (QED) is 0.845. The molecule has 0 amide bonds. The lowest BCUT2D eigenvalue weighted by Crippen LogP contribution is -2.26. The van der Waals surface area contributed by atoms with Crippen molar-refractivity contribution >= 4 is 11.8 Å². The number of allylic oxidation sites excluding steroid dienone is 1. The van der Waals surface area contributed by atoms with Gasteiger partial charge in [-0.15, -0.1) is 0 Å². The fraction of sp³-hybridized carbons (Fsp3) is 0.444. The molecule has 1 aliphatic carbocycles. The van der Waals surface area contributed by atoms with E-state index in [1.807, 2.05) is 19.1 Å². The molecule has 0 spiro atoms. The third kappa shape index (κ3) is 3.41. The molecule has 0 radical (unpaired) electrons. The molecule has 0 saturated heterocycles. The maximum atomic E-state index is 12.5. The molecule has 1 aliphatic rings. The molecule has 0 aliphatic heterocycles. The van der Waals surface area contributed by atoms with Gasteiger partial charge >= 0.3 is 5.97 Å². The molecule has 1 fully saturated rings. The molecule has 2 rings (SSSR count). The normalized spacial score (nSPS) is 21.5. The minimum absolute atomic E-state index is 0.0274. The van der Waals surface area contributed by atoms with Crippen LogP contribution in [0.2, 0.25) is 0 Å². The lowest BCUT2D eigenvalue weighted by molar-refractivity contribution is -0.145. The molecule has 0 unspecified atom stereocenters. The van der Waals surface area contributed by atoms with Crippen molar-refractivity contribution in [2.75, 3.05) is 0 Å². The summed E-state index contributed by atoms with van der Waals surface area (Å²) < 4.78 is 0. The SMILES string of the molecule is C=C1C[C@@H](C(=O)O)[C@H](C(=O)Cc2ccc(C)cc2CC)C1. The fourth-order valence-corrected chi connectivity index (χ4v) is 3.16. The number of hydrogen-bond donors (Lipinski definition) is 1. The van der Waals surface area contributed by atoms with Crippen LogP contribution in [0.1, 0.15) is 36.5 Å². The van der Waals surface area contributed by atoms with Gasteiger partial charge in [0.25, 0.3) is 0 Å². The van der Waals surface area contributed by atoms with Crippen LogP contribution >= 0.6 is 0 Å². The highest BCUT2D eigenvalue weighted by molar-refractivity contribution is 5.89. The van der Waals surface area contributed by atoms with E-state index < -0.39 is 17.8 Å². The van der Waals surface area contributed by atoms with Gasteiger partial charge in [0.05, 0.1) is 5.92 Å². The van der Waals surface area contributed by atoms with Crippen molar-refractivity contribution in [2.24, 2.45) is 11.8 Å². The van der Waals surface area contributed by atoms with E-state index in [0.29, 0.717) is 19.3 Å². The maximum absolute atomic E-state index is 12.5. The van der Waals surface area contributed by atoms with Crippen LogP contribution in [0.25, 0.3) is 0 Å². The predicted molar refractivity (Wildman–Crippen MR) is 82.3 cm³/mol. The molecule has 1 aromatic rings. The van der Waals surface area contributed by atoms with Gasteiger partial charge in [-0.25, -0.2) is 0 Å². The molecule has 3 heteroatoms. The highest BCUT2D eigenvalue weighted by atomic mass is 16.4. The van der Waals surface area contributed by atoms with Crippen LogP contribution in [0.5, 0.6) is 0 Å². The smallest absolute Gasteiger partial charge is 0.307 e. The monoisotopic (exact) mass is 286 g/mol. The number of ketones is 1. The number of aliphatic carboxylic acids is 1. The maximum Gasteiger partial charge on any atom is 0.307 e. The molecule has 1 N–H and O–H groups in total. The highest BCUT2D eigenvalue weighted by Crippen LogP contribution is 2.36. The zero-order valence-corrected chi connectivity index (χ0v) is 12.7. The molecule has 0 bridgehead atoms. The standard InChI is InChI=1S/C18H22O3/c1-4-13-7-11(2)5-6-14(13)10-17(19)15-8-12(3)9-16(15)18(20)21/h5-7,15-16H,3-4,8-10H2,1-2H3,(H,20,21)/t15-,16-/m1/s1. The average molecular weight is 286 g/mol. The topological polar surface area (TPSA) is 54.4 Å². The van der Waals surface area contributed by atoms with Crippen molar-refractivity contribution in [1.82, 2.24) is 0 Å². The first-order chi connectivity index (χ1) is 9.92. The third-order valence-corrected chi connectivity index (χ3v) is 4.34. The van der Waals surface area contributed by atoms with Gasteiger partial charge in [0.15, 0.2) is 0 Å². The van der Waals surface area contributed by atoms with Gasteiger partial charge in [-0.2, -0.15) is 0 Å². The van der Waals surface area contributed by atoms with E-state index >= 15 is 0 Å². The Bertz CT molecular complexity index is 586. The number of carbonyl (C=O) groups is 2. The van der Waals surface area contributed by atoms with Gasteiger partial charge < -0.3 is 5.11 Å². The van der Waals surface area contributed by atoms with E-state index in [1.54, 1.807) is 0 Å². The summed E-state index contributed by atoms with van der Waals surface area (Å²) in [5.41, 5.74) is 4.25. The number of carboxylic acid groups (broad SMARTS) is 1. The van der Waals surface area contributed by atoms with E-state index in [0.717, 1.165) is 17.6 Å². The van der Waals surface area contributed by atoms with E-state index in [9.17, 15) is 14.7 Å². The molecular formula is C18H22O3. The number of carboxylic acids is 1. The van der Waals surface area contributed by atoms with Gasteiger partial charge in [-0.05, 0) is 37.3 Å². The van der Waals surface area contributed by atoms with Gasteiger partial charge in [0.1, 0.15) is 5.78 Å². The molecule has 0 heterocycles. The number of hydrogen-bond acceptors (Lipinski definition) is 2. The Labute approximate surface area is 125 Å². The summed E-state index contributed by atoms with van der Waals surface area (Å²) in [7, 11) is 0. The summed E-state index contributed by atoms with van der Waals surface area (Å²) in [4.78, 5) is 23.8. The second kappa shape index (κ2) is 6.25. The Balaban J connectivity index is 2.18. The Morgan fingerprint density at radius 1 is 1.24 bits per heavy atom. The Hall–Kier alpha value is -1.90. The Kier molecular flexibility index (Phi) is 4.61. The minimum Gasteiger partial charge on any atom is -0.481 e. The van der Waals surface area contributed by atoms with E-state index in [2.05, 4.69) is 19.6 Å². The lowest BCUT2D eigenvalue weighted by atomic mass is 9.87. The largest absolute Gasteiger partial charge is 0.481 e. The summed E-state index contributed by atoms with van der Waals surface area (Å²) in [6.45, 7) is 7.96. The summed E-state index contributed by atoms with van der Waals surface area (Å²) in [5.74, 6) is -1.87. The molecule has 21 heavy (non-hydrogen) atoms. The second-order valence-electron chi connectivity index (χ2n) is 5.98. The van der Waals surface area contributed by atoms with Crippen LogP contribution in [0, 0.1) is 18.8 Å². The van der Waals surface area contributed by atoms with Crippen molar-refractivity contribution in [3.05, 3.63) is 47.0 Å². The van der Waals surface area contributed by atoms with Crippen molar-refractivity contribution in [2.45, 2.75) is 39.5 Å². The number of aryl methyl sites for hydroxylation is 2. The summed E-state index contributed by atoms with van der Waals surface area (Å²) >= 11 is 0. The fourth-order valence-electron chi connectivity index (χ4n) is 3.16. The van der Waals surface area contributed by atoms with Crippen molar-refractivity contribution in [1.29, 1.82) is 0 Å². The van der Waals surface area contributed by atoms with Crippen molar-refractivity contribution in [3.63, 3.8) is 0 Å². The summed E-state index contributed by atoms with van der Waals surface area (Å²) in [6, 6.07) is 6.10. The summed E-state index contributed by atoms with van der Waals surface area (Å²) in [5, 5.41) is 9.26. The number of benzene rings is 1. The molecule has 1 saturated carbocycles. The first kappa shape index (κ1) is 15.5. The van der Waals surface area contributed by atoms with Crippen LogP contribution in [0.15, 0.2) is 30.4 Å². The predicted octanol–water partition coefficient (Wildman–Crippen LogP) is 3.34. The number of rotatable bonds is 5. The zero-order valence-electron chi connectivity index (χ0n) is 12.7. The highest BCUT2D eigenvalue weighted by Gasteiger charge is 2.39. The summed E-state index contributed by atoms with van der Waals surface area (Å²) in [6.07, 6.45) is 2.15. The number of Topliss-reactive ketones (excluding diaryl/α,β-unsaturated/α-hetero) is 1. The van der Waals surface area contributed by atoms with E-state index in [4.69, 9.17) is 0 Å². The molecule has 0 aromatic heterocycles. The molecule has 2 atom stereocenters. The second-order valence-corrected chi connectivity index (χ2v) is 5.98. The van der Waals surface area contributed by atoms with E-state index in [-0.39, 0.29) is 5.78 Å². The third-order valence-electron chi connectivity index (χ3n) is 4.34. The van der Waals surface area contributed by atoms with Gasteiger partial charge in [0, 0.05) is 12.3 Å². The van der Waals surface area contributed by atoms with Gasteiger partial charge in [-0.1, -0.05) is 42.8 Å².